The Morgan fingerprint density at radius 1 is 1.67 bits per heavy atom. The fourth-order valence-corrected chi connectivity index (χ4v) is 1.60. The van der Waals surface area contributed by atoms with Crippen LogP contribution in [0.15, 0.2) is 10.7 Å². The van der Waals surface area contributed by atoms with Crippen LogP contribution in [-0.4, -0.2) is 16.2 Å². The van der Waals surface area contributed by atoms with Crippen LogP contribution in [0.3, 0.4) is 0 Å². The van der Waals surface area contributed by atoms with Gasteiger partial charge in [-0.25, -0.2) is 8.78 Å². The molecule has 1 aromatic heterocycles. The molecule has 0 fully saturated rings. The van der Waals surface area contributed by atoms with E-state index < -0.39 is 6.43 Å². The quantitative estimate of drug-likeness (QED) is 0.792. The molecular formula is C7H9BrF2N2. The van der Waals surface area contributed by atoms with Crippen LogP contribution in [-0.2, 0) is 13.0 Å². The maximum absolute atomic E-state index is 12.0. The molecule has 12 heavy (non-hydrogen) atoms. The smallest absolute Gasteiger partial charge is 0.257 e. The lowest BCUT2D eigenvalue weighted by atomic mass is 10.3. The van der Waals surface area contributed by atoms with E-state index in [4.69, 9.17) is 0 Å². The summed E-state index contributed by atoms with van der Waals surface area (Å²) >= 11 is 3.24. The van der Waals surface area contributed by atoms with Gasteiger partial charge in [-0.1, -0.05) is 6.92 Å². The first kappa shape index (κ1) is 9.64. The summed E-state index contributed by atoms with van der Waals surface area (Å²) in [6, 6.07) is 0. The molecule has 1 rings (SSSR count). The zero-order valence-corrected chi connectivity index (χ0v) is 8.18. The number of alkyl halides is 2. The largest absolute Gasteiger partial charge is 0.263 e. The zero-order valence-electron chi connectivity index (χ0n) is 6.60. The lowest BCUT2D eigenvalue weighted by molar-refractivity contribution is 0.120. The molecule has 0 aliphatic carbocycles. The standard InChI is InChI=1S/C7H9BrF2N2/c1-2-6-5(8)3-11-12(6)4-7(9)10/h3,7H,2,4H2,1H3. The van der Waals surface area contributed by atoms with Gasteiger partial charge in [-0.3, -0.25) is 4.68 Å². The average Bonchev–Trinajstić information content (AvgIpc) is 2.30. The van der Waals surface area contributed by atoms with Gasteiger partial charge in [0, 0.05) is 0 Å². The first-order valence-electron chi connectivity index (χ1n) is 3.63. The van der Waals surface area contributed by atoms with Gasteiger partial charge < -0.3 is 0 Å². The van der Waals surface area contributed by atoms with Crippen LogP contribution in [0.2, 0.25) is 0 Å². The van der Waals surface area contributed by atoms with E-state index in [1.54, 1.807) is 6.20 Å². The van der Waals surface area contributed by atoms with Gasteiger partial charge in [0.25, 0.3) is 6.43 Å². The molecule has 0 amide bonds. The fourth-order valence-electron chi connectivity index (χ4n) is 1.03. The van der Waals surface area contributed by atoms with Gasteiger partial charge in [0.2, 0.25) is 0 Å². The first-order chi connectivity index (χ1) is 5.65. The van der Waals surface area contributed by atoms with Gasteiger partial charge in [0.15, 0.2) is 0 Å². The molecule has 5 heteroatoms. The fraction of sp³-hybridized carbons (Fsp3) is 0.571. The number of halogens is 3. The molecule has 0 aliphatic rings. The second-order valence-electron chi connectivity index (χ2n) is 2.37. The Bertz CT molecular complexity index is 260. The summed E-state index contributed by atoms with van der Waals surface area (Å²) in [5.74, 6) is 0. The van der Waals surface area contributed by atoms with E-state index in [-0.39, 0.29) is 6.54 Å². The van der Waals surface area contributed by atoms with Crippen LogP contribution in [0.1, 0.15) is 12.6 Å². The highest BCUT2D eigenvalue weighted by Crippen LogP contribution is 2.17. The van der Waals surface area contributed by atoms with Crippen molar-refractivity contribution in [2.24, 2.45) is 0 Å². The molecule has 0 radical (unpaired) electrons. The van der Waals surface area contributed by atoms with Gasteiger partial charge in [-0.05, 0) is 22.4 Å². The highest BCUT2D eigenvalue weighted by Gasteiger charge is 2.10. The Morgan fingerprint density at radius 2 is 2.33 bits per heavy atom. The molecule has 1 aromatic rings. The molecule has 68 valence electrons. The highest BCUT2D eigenvalue weighted by atomic mass is 79.9. The topological polar surface area (TPSA) is 17.8 Å². The van der Waals surface area contributed by atoms with Crippen molar-refractivity contribution in [3.8, 4) is 0 Å². The van der Waals surface area contributed by atoms with Gasteiger partial charge in [-0.15, -0.1) is 0 Å². The number of hydrogen-bond donors (Lipinski definition) is 0. The molecule has 0 saturated heterocycles. The summed E-state index contributed by atoms with van der Waals surface area (Å²) in [5, 5.41) is 3.82. The van der Waals surface area contributed by atoms with E-state index in [1.807, 2.05) is 6.92 Å². The van der Waals surface area contributed by atoms with E-state index in [9.17, 15) is 8.78 Å². The number of rotatable bonds is 3. The van der Waals surface area contributed by atoms with Crippen molar-refractivity contribution in [1.82, 2.24) is 9.78 Å². The molecule has 2 nitrogen and oxygen atoms in total. The molecule has 0 saturated carbocycles. The van der Waals surface area contributed by atoms with Crippen LogP contribution in [0, 0.1) is 0 Å². The predicted octanol–water partition coefficient (Wildman–Crippen LogP) is 2.47. The molecule has 0 bridgehead atoms. The maximum Gasteiger partial charge on any atom is 0.257 e. The molecular weight excluding hydrogens is 230 g/mol. The number of nitrogens with zero attached hydrogens (tertiary/aromatic N) is 2. The minimum absolute atomic E-state index is 0.325. The molecule has 0 N–H and O–H groups in total. The van der Waals surface area contributed by atoms with E-state index in [0.29, 0.717) is 6.42 Å². The number of hydrogen-bond acceptors (Lipinski definition) is 1. The van der Waals surface area contributed by atoms with Crippen LogP contribution >= 0.6 is 15.9 Å². The molecule has 1 heterocycles. The van der Waals surface area contributed by atoms with Gasteiger partial charge in [0.05, 0.1) is 16.4 Å². The Morgan fingerprint density at radius 3 is 2.83 bits per heavy atom. The Kier molecular flexibility index (Phi) is 3.20. The third-order valence-electron chi connectivity index (χ3n) is 1.54. The summed E-state index contributed by atoms with van der Waals surface area (Å²) in [6.07, 6.45) is -0.101. The summed E-state index contributed by atoms with van der Waals surface area (Å²) in [5.41, 5.74) is 0.815. The molecule has 0 aromatic carbocycles. The Balaban J connectivity index is 2.84. The lowest BCUT2D eigenvalue weighted by Crippen LogP contribution is -2.10. The monoisotopic (exact) mass is 238 g/mol. The third kappa shape index (κ3) is 2.03. The predicted molar refractivity (Wildman–Crippen MR) is 45.3 cm³/mol. The maximum atomic E-state index is 12.0. The SMILES string of the molecule is CCc1c(Br)cnn1CC(F)F. The Labute approximate surface area is 77.7 Å². The normalized spacial score (nSPS) is 11.1. The summed E-state index contributed by atoms with van der Waals surface area (Å²) < 4.78 is 26.1. The van der Waals surface area contributed by atoms with E-state index in [2.05, 4.69) is 21.0 Å². The van der Waals surface area contributed by atoms with E-state index in [0.717, 1.165) is 10.2 Å². The molecule has 0 spiro atoms. The third-order valence-corrected chi connectivity index (χ3v) is 2.21. The van der Waals surface area contributed by atoms with Crippen molar-refractivity contribution in [3.63, 3.8) is 0 Å². The van der Waals surface area contributed by atoms with Gasteiger partial charge in [0.1, 0.15) is 6.54 Å². The van der Waals surface area contributed by atoms with Crippen LogP contribution in [0.4, 0.5) is 8.78 Å². The minimum atomic E-state index is -2.35. The van der Waals surface area contributed by atoms with Gasteiger partial charge in [-0.2, -0.15) is 5.10 Å². The van der Waals surface area contributed by atoms with E-state index >= 15 is 0 Å². The average molecular weight is 239 g/mol. The van der Waals surface area contributed by atoms with Crippen molar-refractivity contribution in [2.45, 2.75) is 26.3 Å². The Hall–Kier alpha value is -0.450. The van der Waals surface area contributed by atoms with Crippen LogP contribution in [0.25, 0.3) is 0 Å². The lowest BCUT2D eigenvalue weighted by Gasteiger charge is -2.04. The van der Waals surface area contributed by atoms with Crippen molar-refractivity contribution in [2.75, 3.05) is 0 Å². The highest BCUT2D eigenvalue weighted by molar-refractivity contribution is 9.10. The van der Waals surface area contributed by atoms with Crippen molar-refractivity contribution in [1.29, 1.82) is 0 Å². The molecule has 0 aliphatic heterocycles. The minimum Gasteiger partial charge on any atom is -0.263 e. The second-order valence-corrected chi connectivity index (χ2v) is 3.22. The molecule has 0 unspecified atom stereocenters. The van der Waals surface area contributed by atoms with Crippen molar-refractivity contribution < 1.29 is 8.78 Å². The second kappa shape index (κ2) is 3.98. The zero-order chi connectivity index (χ0) is 9.14. The summed E-state index contributed by atoms with van der Waals surface area (Å²) in [6.45, 7) is 1.58. The van der Waals surface area contributed by atoms with Gasteiger partial charge >= 0.3 is 0 Å². The van der Waals surface area contributed by atoms with Crippen LogP contribution in [0.5, 0.6) is 0 Å². The first-order valence-corrected chi connectivity index (χ1v) is 4.42. The number of aromatic nitrogens is 2. The van der Waals surface area contributed by atoms with Crippen molar-refractivity contribution in [3.05, 3.63) is 16.4 Å². The van der Waals surface area contributed by atoms with E-state index in [1.165, 1.54) is 4.68 Å². The summed E-state index contributed by atoms with van der Waals surface area (Å²) in [4.78, 5) is 0. The summed E-state index contributed by atoms with van der Waals surface area (Å²) in [7, 11) is 0. The molecule has 0 atom stereocenters. The van der Waals surface area contributed by atoms with Crippen LogP contribution < -0.4 is 0 Å². The van der Waals surface area contributed by atoms with Crippen molar-refractivity contribution >= 4 is 15.9 Å².